The molecule has 0 amide bonds. The highest BCUT2D eigenvalue weighted by Gasteiger charge is 2.14. The Balaban J connectivity index is 1.90. The van der Waals surface area contributed by atoms with E-state index in [4.69, 9.17) is 15.2 Å². The van der Waals surface area contributed by atoms with Crippen molar-refractivity contribution < 1.29 is 9.47 Å². The summed E-state index contributed by atoms with van der Waals surface area (Å²) >= 11 is 0. The molecule has 0 saturated heterocycles. The highest BCUT2D eigenvalue weighted by Crippen LogP contribution is 2.28. The van der Waals surface area contributed by atoms with E-state index in [-0.39, 0.29) is 0 Å². The van der Waals surface area contributed by atoms with Gasteiger partial charge in [0.1, 0.15) is 0 Å². The van der Waals surface area contributed by atoms with E-state index in [0.717, 1.165) is 23.5 Å². The number of hydrogen-bond acceptors (Lipinski definition) is 3. The maximum atomic E-state index is 5.98. The molecule has 0 aromatic heterocycles. The lowest BCUT2D eigenvalue weighted by atomic mass is 10.1. The highest BCUT2D eigenvalue weighted by molar-refractivity contribution is 5.78. The zero-order valence-electron chi connectivity index (χ0n) is 15.2. The van der Waals surface area contributed by atoms with Gasteiger partial charge in [-0.25, -0.2) is 4.99 Å². The molecular formula is C19H31N3O2. The molecule has 1 aromatic carbocycles. The fraction of sp³-hybridized carbons (Fsp3) is 0.632. The highest BCUT2D eigenvalue weighted by atomic mass is 16.5. The van der Waals surface area contributed by atoms with Gasteiger partial charge in [-0.3, -0.25) is 0 Å². The monoisotopic (exact) mass is 333 g/mol. The number of methoxy groups -OCH3 is 1. The first-order chi connectivity index (χ1) is 11.6. The number of ether oxygens (including phenoxy) is 2. The normalized spacial score (nSPS) is 15.8. The predicted octanol–water partition coefficient (Wildman–Crippen LogP) is 3.47. The van der Waals surface area contributed by atoms with Crippen LogP contribution in [0.1, 0.15) is 51.5 Å². The molecule has 2 rings (SSSR count). The van der Waals surface area contributed by atoms with Crippen LogP contribution in [0.2, 0.25) is 0 Å². The zero-order valence-corrected chi connectivity index (χ0v) is 15.2. The van der Waals surface area contributed by atoms with Crippen LogP contribution >= 0.6 is 0 Å². The number of rotatable bonds is 8. The summed E-state index contributed by atoms with van der Waals surface area (Å²) in [5, 5.41) is 3.30. The van der Waals surface area contributed by atoms with Crippen molar-refractivity contribution in [3.63, 3.8) is 0 Å². The maximum Gasteiger partial charge on any atom is 0.189 e. The van der Waals surface area contributed by atoms with Gasteiger partial charge >= 0.3 is 0 Å². The van der Waals surface area contributed by atoms with E-state index in [1.165, 1.54) is 25.7 Å². The number of nitrogens with zero attached hydrogens (tertiary/aromatic N) is 1. The molecule has 1 aromatic rings. The van der Waals surface area contributed by atoms with Crippen LogP contribution in [0.4, 0.5) is 0 Å². The molecule has 134 valence electrons. The quantitative estimate of drug-likeness (QED) is 0.564. The third-order valence-electron chi connectivity index (χ3n) is 4.32. The van der Waals surface area contributed by atoms with Crippen molar-refractivity contribution in [1.29, 1.82) is 0 Å². The van der Waals surface area contributed by atoms with Crippen molar-refractivity contribution in [1.82, 2.24) is 5.32 Å². The Morgan fingerprint density at radius 1 is 1.29 bits per heavy atom. The van der Waals surface area contributed by atoms with Crippen molar-refractivity contribution >= 4 is 5.96 Å². The van der Waals surface area contributed by atoms with Crippen molar-refractivity contribution in [3.05, 3.63) is 23.8 Å². The van der Waals surface area contributed by atoms with Crippen molar-refractivity contribution in [2.75, 3.05) is 13.7 Å². The van der Waals surface area contributed by atoms with E-state index in [0.29, 0.717) is 31.1 Å². The molecule has 5 nitrogen and oxygen atoms in total. The Bertz CT molecular complexity index is 537. The minimum Gasteiger partial charge on any atom is -0.493 e. The van der Waals surface area contributed by atoms with Gasteiger partial charge in [-0.05, 0) is 42.9 Å². The smallest absolute Gasteiger partial charge is 0.189 e. The average Bonchev–Trinajstić information content (AvgIpc) is 3.06. The molecular weight excluding hydrogens is 302 g/mol. The first kappa shape index (κ1) is 18.4. The molecule has 24 heavy (non-hydrogen) atoms. The third-order valence-corrected chi connectivity index (χ3v) is 4.32. The lowest BCUT2D eigenvalue weighted by molar-refractivity contribution is 0.273. The standard InChI is InChI=1S/C19H31N3O2/c1-14(2)10-11-24-17-9-8-15(12-18(17)23-3)13-21-19(20)22-16-6-4-5-7-16/h8-9,12,14,16H,4-7,10-11,13H2,1-3H3,(H3,20,21,22). The van der Waals surface area contributed by atoms with Gasteiger partial charge in [0.2, 0.25) is 0 Å². The van der Waals surface area contributed by atoms with Crippen LogP contribution in [-0.2, 0) is 6.54 Å². The SMILES string of the molecule is COc1cc(CN=C(N)NC2CCCC2)ccc1OCCC(C)C. The Kier molecular flexibility index (Phi) is 7.22. The minimum atomic E-state index is 0.486. The number of guanidine groups is 1. The summed E-state index contributed by atoms with van der Waals surface area (Å²) in [6, 6.07) is 6.42. The zero-order chi connectivity index (χ0) is 17.4. The summed E-state index contributed by atoms with van der Waals surface area (Å²) in [7, 11) is 1.66. The van der Waals surface area contributed by atoms with Gasteiger partial charge in [-0.15, -0.1) is 0 Å². The third kappa shape index (κ3) is 5.95. The molecule has 0 radical (unpaired) electrons. The summed E-state index contributed by atoms with van der Waals surface area (Å²) in [6.45, 7) is 5.61. The fourth-order valence-electron chi connectivity index (χ4n) is 2.84. The number of nitrogens with one attached hydrogen (secondary N) is 1. The lowest BCUT2D eigenvalue weighted by Gasteiger charge is -2.14. The van der Waals surface area contributed by atoms with Gasteiger partial charge in [0.05, 0.1) is 20.3 Å². The summed E-state index contributed by atoms with van der Waals surface area (Å²) in [4.78, 5) is 4.44. The Hall–Kier alpha value is -1.91. The van der Waals surface area contributed by atoms with Crippen molar-refractivity contribution in [3.8, 4) is 11.5 Å². The fourth-order valence-corrected chi connectivity index (χ4v) is 2.84. The van der Waals surface area contributed by atoms with Gasteiger partial charge in [-0.1, -0.05) is 32.8 Å². The molecule has 5 heteroatoms. The second kappa shape index (κ2) is 9.40. The molecule has 0 heterocycles. The van der Waals surface area contributed by atoms with Gasteiger partial charge in [-0.2, -0.15) is 0 Å². The second-order valence-electron chi connectivity index (χ2n) is 6.84. The van der Waals surface area contributed by atoms with Crippen LogP contribution in [0.3, 0.4) is 0 Å². The van der Waals surface area contributed by atoms with Crippen LogP contribution in [0.15, 0.2) is 23.2 Å². The average molecular weight is 333 g/mol. The topological polar surface area (TPSA) is 68.9 Å². The first-order valence-electron chi connectivity index (χ1n) is 8.94. The Morgan fingerprint density at radius 3 is 2.71 bits per heavy atom. The maximum absolute atomic E-state index is 5.98. The van der Waals surface area contributed by atoms with E-state index in [9.17, 15) is 0 Å². The molecule has 0 spiro atoms. The minimum absolute atomic E-state index is 0.486. The van der Waals surface area contributed by atoms with Crippen LogP contribution in [0.25, 0.3) is 0 Å². The second-order valence-corrected chi connectivity index (χ2v) is 6.84. The van der Waals surface area contributed by atoms with Gasteiger partial charge in [0.25, 0.3) is 0 Å². The molecule has 0 aliphatic heterocycles. The van der Waals surface area contributed by atoms with Crippen LogP contribution in [0.5, 0.6) is 11.5 Å². The van der Waals surface area contributed by atoms with E-state index >= 15 is 0 Å². The van der Waals surface area contributed by atoms with Crippen molar-refractivity contribution in [2.45, 2.75) is 58.5 Å². The summed E-state index contributed by atoms with van der Waals surface area (Å²) in [5.74, 6) is 2.68. The summed E-state index contributed by atoms with van der Waals surface area (Å²) in [6.07, 6.45) is 5.96. The molecule has 1 aliphatic carbocycles. The predicted molar refractivity (Wildman–Crippen MR) is 98.7 cm³/mol. The lowest BCUT2D eigenvalue weighted by Crippen LogP contribution is -2.38. The summed E-state index contributed by atoms with van der Waals surface area (Å²) in [5.41, 5.74) is 7.03. The van der Waals surface area contributed by atoms with E-state index in [1.54, 1.807) is 7.11 Å². The number of benzene rings is 1. The molecule has 1 saturated carbocycles. The Labute approximate surface area is 145 Å². The first-order valence-corrected chi connectivity index (χ1v) is 8.94. The molecule has 3 N–H and O–H groups in total. The van der Waals surface area contributed by atoms with Crippen LogP contribution in [0, 0.1) is 5.92 Å². The van der Waals surface area contributed by atoms with Gasteiger partial charge < -0.3 is 20.5 Å². The van der Waals surface area contributed by atoms with E-state index < -0.39 is 0 Å². The molecule has 1 fully saturated rings. The van der Waals surface area contributed by atoms with Crippen LogP contribution < -0.4 is 20.5 Å². The largest absolute Gasteiger partial charge is 0.493 e. The molecule has 0 bridgehead atoms. The number of nitrogens with two attached hydrogens (primary N) is 1. The molecule has 0 unspecified atom stereocenters. The molecule has 1 aliphatic rings. The number of aliphatic imine (C=N–C) groups is 1. The number of hydrogen-bond donors (Lipinski definition) is 2. The van der Waals surface area contributed by atoms with Gasteiger partial charge in [0.15, 0.2) is 17.5 Å². The van der Waals surface area contributed by atoms with E-state index in [2.05, 4.69) is 24.2 Å². The van der Waals surface area contributed by atoms with E-state index in [1.807, 2.05) is 18.2 Å². The van der Waals surface area contributed by atoms with Crippen molar-refractivity contribution in [2.24, 2.45) is 16.6 Å². The Morgan fingerprint density at radius 2 is 2.04 bits per heavy atom. The van der Waals surface area contributed by atoms with Crippen LogP contribution in [-0.4, -0.2) is 25.7 Å². The van der Waals surface area contributed by atoms with Gasteiger partial charge in [0, 0.05) is 6.04 Å². The molecule has 0 atom stereocenters. The summed E-state index contributed by atoms with van der Waals surface area (Å²) < 4.78 is 11.2.